The van der Waals surface area contributed by atoms with Crippen molar-refractivity contribution in [3.05, 3.63) is 29.8 Å². The summed E-state index contributed by atoms with van der Waals surface area (Å²) >= 11 is 0. The third kappa shape index (κ3) is 1.75. The van der Waals surface area contributed by atoms with Gasteiger partial charge in [0.05, 0.1) is 0 Å². The number of phenols is 1. The van der Waals surface area contributed by atoms with E-state index in [1.165, 1.54) is 0 Å². The van der Waals surface area contributed by atoms with Crippen LogP contribution in [0.2, 0.25) is 0 Å². The molecule has 2 rings (SSSR count). The quantitative estimate of drug-likeness (QED) is 0.715. The molecule has 0 amide bonds. The Morgan fingerprint density at radius 3 is 2.64 bits per heavy atom. The summed E-state index contributed by atoms with van der Waals surface area (Å²) in [5, 5.41) is 13.2. The van der Waals surface area contributed by atoms with Gasteiger partial charge in [-0.2, -0.15) is 0 Å². The average molecular weight is 191 g/mol. The molecule has 1 aliphatic heterocycles. The molecule has 2 nitrogen and oxygen atoms in total. The lowest BCUT2D eigenvalue weighted by Gasteiger charge is -2.20. The molecule has 14 heavy (non-hydrogen) atoms. The first kappa shape index (κ1) is 9.53. The van der Waals surface area contributed by atoms with Gasteiger partial charge >= 0.3 is 0 Å². The molecule has 1 saturated heterocycles. The first-order chi connectivity index (χ1) is 6.58. The largest absolute Gasteiger partial charge is 0.508 e. The van der Waals surface area contributed by atoms with Crippen LogP contribution < -0.4 is 5.32 Å². The molecule has 2 N–H and O–H groups in total. The highest BCUT2D eigenvalue weighted by Crippen LogP contribution is 2.35. The van der Waals surface area contributed by atoms with Crippen LogP contribution in [0, 0.1) is 0 Å². The van der Waals surface area contributed by atoms with Gasteiger partial charge in [-0.3, -0.25) is 0 Å². The van der Waals surface area contributed by atoms with Crippen molar-refractivity contribution in [3.63, 3.8) is 0 Å². The molecule has 0 aliphatic carbocycles. The van der Waals surface area contributed by atoms with Crippen LogP contribution in [0.15, 0.2) is 24.3 Å². The topological polar surface area (TPSA) is 32.3 Å². The van der Waals surface area contributed by atoms with Crippen LogP contribution in [0.3, 0.4) is 0 Å². The van der Waals surface area contributed by atoms with Gasteiger partial charge in [-0.05, 0) is 32.8 Å². The van der Waals surface area contributed by atoms with Gasteiger partial charge in [0, 0.05) is 17.1 Å². The van der Waals surface area contributed by atoms with E-state index < -0.39 is 0 Å². The Labute approximate surface area is 85.0 Å². The lowest BCUT2D eigenvalue weighted by Crippen LogP contribution is -2.33. The molecular weight excluding hydrogens is 174 g/mol. The van der Waals surface area contributed by atoms with Crippen LogP contribution in [-0.4, -0.2) is 10.6 Å². The van der Waals surface area contributed by atoms with Gasteiger partial charge in [-0.25, -0.2) is 0 Å². The molecule has 1 aromatic rings. The highest BCUT2D eigenvalue weighted by atomic mass is 16.3. The molecule has 76 valence electrons. The minimum atomic E-state index is 0.201. The fourth-order valence-corrected chi connectivity index (χ4v) is 2.14. The lowest BCUT2D eigenvalue weighted by molar-refractivity contribution is 0.419. The summed E-state index contributed by atoms with van der Waals surface area (Å²) in [7, 11) is 0. The predicted octanol–water partition coefficient (Wildman–Crippen LogP) is 2.60. The molecule has 1 heterocycles. The third-order valence-corrected chi connectivity index (χ3v) is 2.94. The maximum Gasteiger partial charge on any atom is 0.120 e. The minimum Gasteiger partial charge on any atom is -0.508 e. The normalized spacial score (nSPS) is 25.1. The van der Waals surface area contributed by atoms with Crippen LogP contribution in [0.4, 0.5) is 0 Å². The van der Waals surface area contributed by atoms with Crippen molar-refractivity contribution in [2.45, 2.75) is 38.3 Å². The Kier molecular flexibility index (Phi) is 2.23. The number of aromatic hydroxyl groups is 1. The van der Waals surface area contributed by atoms with Crippen LogP contribution in [0.5, 0.6) is 5.75 Å². The Hall–Kier alpha value is -1.02. The van der Waals surface area contributed by atoms with Gasteiger partial charge in [0.1, 0.15) is 5.75 Å². The molecule has 1 fully saturated rings. The van der Waals surface area contributed by atoms with E-state index in [2.05, 4.69) is 19.2 Å². The van der Waals surface area contributed by atoms with Crippen molar-refractivity contribution in [1.29, 1.82) is 0 Å². The molecule has 0 bridgehead atoms. The summed E-state index contributed by atoms with van der Waals surface area (Å²) < 4.78 is 0. The number of hydrogen-bond acceptors (Lipinski definition) is 2. The number of benzene rings is 1. The van der Waals surface area contributed by atoms with Crippen molar-refractivity contribution >= 4 is 0 Å². The maximum absolute atomic E-state index is 9.70. The van der Waals surface area contributed by atoms with E-state index in [0.29, 0.717) is 11.8 Å². The molecule has 0 aromatic heterocycles. The van der Waals surface area contributed by atoms with Gasteiger partial charge in [0.15, 0.2) is 0 Å². The van der Waals surface area contributed by atoms with Crippen LogP contribution >= 0.6 is 0 Å². The Balaban J connectivity index is 2.22. The van der Waals surface area contributed by atoms with Gasteiger partial charge in [-0.15, -0.1) is 0 Å². The van der Waals surface area contributed by atoms with Crippen molar-refractivity contribution < 1.29 is 5.11 Å². The van der Waals surface area contributed by atoms with E-state index in [0.717, 1.165) is 18.4 Å². The summed E-state index contributed by atoms with van der Waals surface area (Å²) in [6.07, 6.45) is 2.26. The third-order valence-electron chi connectivity index (χ3n) is 2.94. The molecule has 1 atom stereocenters. The molecule has 1 aliphatic rings. The summed E-state index contributed by atoms with van der Waals surface area (Å²) in [4.78, 5) is 0. The zero-order valence-corrected chi connectivity index (χ0v) is 8.75. The number of rotatable bonds is 1. The molecule has 1 unspecified atom stereocenters. The van der Waals surface area contributed by atoms with Crippen molar-refractivity contribution in [2.75, 3.05) is 0 Å². The Bertz CT molecular complexity index is 333. The Morgan fingerprint density at radius 1 is 1.36 bits per heavy atom. The van der Waals surface area contributed by atoms with Gasteiger partial charge in [0.25, 0.3) is 0 Å². The number of hydrogen-bond donors (Lipinski definition) is 2. The minimum absolute atomic E-state index is 0.201. The number of nitrogens with one attached hydrogen (secondary N) is 1. The first-order valence-corrected chi connectivity index (χ1v) is 5.14. The molecule has 0 radical (unpaired) electrons. The van der Waals surface area contributed by atoms with Gasteiger partial charge in [-0.1, -0.05) is 18.2 Å². The van der Waals surface area contributed by atoms with Crippen LogP contribution in [0.1, 0.15) is 38.3 Å². The maximum atomic E-state index is 9.70. The van der Waals surface area contributed by atoms with E-state index in [4.69, 9.17) is 0 Å². The highest BCUT2D eigenvalue weighted by Gasteiger charge is 2.31. The summed E-state index contributed by atoms with van der Waals surface area (Å²) in [5.41, 5.74) is 1.23. The number of phenolic OH excluding ortho intramolecular Hbond substituents is 1. The van der Waals surface area contributed by atoms with E-state index in [1.807, 2.05) is 18.2 Å². The Morgan fingerprint density at radius 2 is 2.07 bits per heavy atom. The van der Waals surface area contributed by atoms with Crippen molar-refractivity contribution in [3.8, 4) is 5.75 Å². The summed E-state index contributed by atoms with van der Waals surface area (Å²) in [6, 6.07) is 7.89. The second kappa shape index (κ2) is 3.28. The second-order valence-electron chi connectivity index (χ2n) is 4.68. The van der Waals surface area contributed by atoms with Crippen LogP contribution in [-0.2, 0) is 0 Å². The smallest absolute Gasteiger partial charge is 0.120 e. The molecule has 0 spiro atoms. The monoisotopic (exact) mass is 191 g/mol. The average Bonchev–Trinajstić information content (AvgIpc) is 2.47. The van der Waals surface area contributed by atoms with E-state index in [-0.39, 0.29) is 5.54 Å². The van der Waals surface area contributed by atoms with E-state index in [1.54, 1.807) is 6.07 Å². The number of para-hydroxylation sites is 1. The standard InChI is InChI=1S/C12H17NO/c1-12(2)8-7-10(13-12)9-5-3-4-6-11(9)14/h3-6,10,13-14H,7-8H2,1-2H3. The van der Waals surface area contributed by atoms with Gasteiger partial charge in [0.2, 0.25) is 0 Å². The summed E-state index contributed by atoms with van der Waals surface area (Å²) in [6.45, 7) is 4.40. The van der Waals surface area contributed by atoms with Crippen LogP contribution in [0.25, 0.3) is 0 Å². The lowest BCUT2D eigenvalue weighted by atomic mass is 10.0. The van der Waals surface area contributed by atoms with E-state index >= 15 is 0 Å². The van der Waals surface area contributed by atoms with Crippen molar-refractivity contribution in [1.82, 2.24) is 5.32 Å². The SMILES string of the molecule is CC1(C)CCC(c2ccccc2O)N1. The fourth-order valence-electron chi connectivity index (χ4n) is 2.14. The summed E-state index contributed by atoms with van der Waals surface area (Å²) in [5.74, 6) is 0.405. The van der Waals surface area contributed by atoms with E-state index in [9.17, 15) is 5.11 Å². The molecular formula is C12H17NO. The predicted molar refractivity (Wildman–Crippen MR) is 57.3 cm³/mol. The zero-order valence-electron chi connectivity index (χ0n) is 8.75. The molecule has 0 saturated carbocycles. The molecule has 2 heteroatoms. The first-order valence-electron chi connectivity index (χ1n) is 5.14. The highest BCUT2D eigenvalue weighted by molar-refractivity contribution is 5.35. The zero-order chi connectivity index (χ0) is 10.2. The molecule has 1 aromatic carbocycles. The van der Waals surface area contributed by atoms with Gasteiger partial charge < -0.3 is 10.4 Å². The van der Waals surface area contributed by atoms with Crippen molar-refractivity contribution in [2.24, 2.45) is 0 Å². The fraction of sp³-hybridized carbons (Fsp3) is 0.500. The second-order valence-corrected chi connectivity index (χ2v) is 4.68.